The first-order valence-corrected chi connectivity index (χ1v) is 13.2. The number of rotatable bonds is 6. The van der Waals surface area contributed by atoms with Gasteiger partial charge in [0.2, 0.25) is 5.96 Å². The van der Waals surface area contributed by atoms with Crippen molar-refractivity contribution in [2.75, 3.05) is 18.8 Å². The molecule has 0 amide bonds. The van der Waals surface area contributed by atoms with Gasteiger partial charge in [0.15, 0.2) is 0 Å². The molecule has 1 heterocycles. The predicted molar refractivity (Wildman–Crippen MR) is 145 cm³/mol. The van der Waals surface area contributed by atoms with E-state index in [1.54, 1.807) is 23.2 Å². The van der Waals surface area contributed by atoms with E-state index in [9.17, 15) is 13.2 Å². The lowest BCUT2D eigenvalue weighted by atomic mass is 10.1. The summed E-state index contributed by atoms with van der Waals surface area (Å²) in [6, 6.07) is 24.5. The van der Waals surface area contributed by atoms with Crippen LogP contribution in [0.3, 0.4) is 0 Å². The van der Waals surface area contributed by atoms with Gasteiger partial charge in [-0.3, -0.25) is 9.86 Å². The van der Waals surface area contributed by atoms with Crippen LogP contribution in [0.2, 0.25) is 5.02 Å². The van der Waals surface area contributed by atoms with E-state index >= 15 is 0 Å². The molecule has 0 aromatic heterocycles. The van der Waals surface area contributed by atoms with Crippen LogP contribution < -0.4 is 9.86 Å². The van der Waals surface area contributed by atoms with Crippen LogP contribution >= 0.6 is 35.5 Å². The second kappa shape index (κ2) is 14.2. The zero-order valence-corrected chi connectivity index (χ0v) is 21.5. The van der Waals surface area contributed by atoms with Crippen LogP contribution in [0.25, 0.3) is 0 Å². The first-order valence-electron chi connectivity index (χ1n) is 10.9. The maximum absolute atomic E-state index is 12.9. The summed E-state index contributed by atoms with van der Waals surface area (Å²) in [6.07, 6.45) is -3.68. The number of hydrazone groups is 1. The van der Waals surface area contributed by atoms with Gasteiger partial charge in [-0.1, -0.05) is 78.1 Å². The third-order valence-corrected chi connectivity index (χ3v) is 6.23. The highest BCUT2D eigenvalue weighted by Crippen LogP contribution is 2.31. The van der Waals surface area contributed by atoms with Crippen LogP contribution in [0.15, 0.2) is 99.9 Å². The molecule has 4 rings (SSSR count). The monoisotopic (exact) mass is 551 g/mol. The molecule has 0 atom stereocenters. The van der Waals surface area contributed by atoms with Crippen LogP contribution in [0.5, 0.6) is 0 Å². The van der Waals surface area contributed by atoms with Gasteiger partial charge in [-0.05, 0) is 47.8 Å². The highest BCUT2D eigenvalue weighted by molar-refractivity contribution is 7.98. The van der Waals surface area contributed by atoms with Crippen molar-refractivity contribution < 1.29 is 13.2 Å². The average molecular weight is 552 g/mol. The van der Waals surface area contributed by atoms with E-state index in [0.717, 1.165) is 35.4 Å². The molecule has 0 saturated carbocycles. The van der Waals surface area contributed by atoms with E-state index in [-0.39, 0.29) is 0 Å². The molecule has 1 aliphatic rings. The van der Waals surface area contributed by atoms with Gasteiger partial charge in [0, 0.05) is 22.1 Å². The third-order valence-electron chi connectivity index (χ3n) is 4.78. The van der Waals surface area contributed by atoms with Crippen LogP contribution in [-0.4, -0.2) is 35.5 Å². The number of guanidine groups is 1. The summed E-state index contributed by atoms with van der Waals surface area (Å²) in [4.78, 5) is 4.91. The largest absolute Gasteiger partial charge is 0.416 e. The Balaban J connectivity index is 0.000000526. The van der Waals surface area contributed by atoms with Crippen molar-refractivity contribution in [1.29, 1.82) is 0 Å². The molecule has 0 aliphatic carbocycles. The van der Waals surface area contributed by atoms with Gasteiger partial charge < -0.3 is 0 Å². The zero-order chi connectivity index (χ0) is 25.8. The van der Waals surface area contributed by atoms with Gasteiger partial charge in [0.25, 0.3) is 0 Å². The topological polar surface area (TPSA) is 66.0 Å². The highest BCUT2D eigenvalue weighted by Gasteiger charge is 2.30. The Kier molecular flexibility index (Phi) is 11.0. The maximum atomic E-state index is 12.9. The molecule has 0 saturated heterocycles. The van der Waals surface area contributed by atoms with E-state index < -0.39 is 11.7 Å². The number of hydrogen-bond acceptors (Lipinski definition) is 5. The minimum Gasteiger partial charge on any atom is -0.295 e. The molecular weight excluding hydrogens is 527 g/mol. The van der Waals surface area contributed by atoms with Crippen molar-refractivity contribution >= 4 is 47.2 Å². The molecule has 190 valence electrons. The summed E-state index contributed by atoms with van der Waals surface area (Å²) in [5.41, 5.74) is 1.15. The first kappa shape index (κ1) is 27.9. The first-order chi connectivity index (χ1) is 17.4. The van der Waals surface area contributed by atoms with Gasteiger partial charge in [-0.2, -0.15) is 18.3 Å². The van der Waals surface area contributed by atoms with Crippen molar-refractivity contribution in [2.45, 2.75) is 17.5 Å². The molecule has 1 aliphatic heterocycles. The second-order valence-corrected chi connectivity index (χ2v) is 9.44. The van der Waals surface area contributed by atoms with E-state index in [4.69, 9.17) is 16.7 Å². The summed E-state index contributed by atoms with van der Waals surface area (Å²) in [5, 5.41) is 12.4. The molecule has 0 unspecified atom stereocenters. The van der Waals surface area contributed by atoms with Gasteiger partial charge >= 0.3 is 6.18 Å². The van der Waals surface area contributed by atoms with E-state index in [1.165, 1.54) is 18.0 Å². The Morgan fingerprint density at radius 2 is 1.69 bits per heavy atom. The minimum atomic E-state index is -4.39. The molecule has 11 heteroatoms. The van der Waals surface area contributed by atoms with Gasteiger partial charge in [-0.15, -0.1) is 0 Å². The lowest BCUT2D eigenvalue weighted by Gasteiger charge is -2.18. The fourth-order valence-corrected chi connectivity index (χ4v) is 4.09. The molecule has 36 heavy (non-hydrogen) atoms. The van der Waals surface area contributed by atoms with E-state index in [2.05, 4.69) is 14.8 Å². The zero-order valence-electron chi connectivity index (χ0n) is 19.2. The second-order valence-electron chi connectivity index (χ2n) is 7.39. The summed E-state index contributed by atoms with van der Waals surface area (Å²) in [6.45, 7) is 1.05. The van der Waals surface area contributed by atoms with Crippen molar-refractivity contribution in [3.05, 3.63) is 101 Å². The fourth-order valence-electron chi connectivity index (χ4n) is 3.05. The number of nitrogens with one attached hydrogen (secondary N) is 1. The van der Waals surface area contributed by atoms with Crippen molar-refractivity contribution in [1.82, 2.24) is 9.73 Å². The lowest BCUT2D eigenvalue weighted by molar-refractivity contribution is -0.137. The van der Waals surface area contributed by atoms with Crippen LogP contribution in [0.4, 0.5) is 13.2 Å². The molecule has 3 aromatic carbocycles. The number of hydrogen-bond donors (Lipinski definition) is 2. The normalized spacial score (nSPS) is 13.6. The number of nitrogens with zero attached hydrogens (tertiary/aromatic N) is 3. The standard InChI is InChI=1S/C19H19ClF3N5S2.C6H6/c20-15-6-4-13(5-7-15)17-8-10-28(26-17)18(25-9-11-29-24)27-30-16-3-1-2-14(12-16)19(21,22)23;1-2-4-6-5-3-1/h1-7,12H,8-11,24H2,(H,25,27);1-6H. The summed E-state index contributed by atoms with van der Waals surface area (Å²) in [7, 11) is 0. The molecule has 0 fully saturated rings. The number of halogens is 4. The third kappa shape index (κ3) is 9.09. The summed E-state index contributed by atoms with van der Waals surface area (Å²) < 4.78 is 41.9. The molecule has 3 aromatic rings. The SMILES string of the molecule is NSCCN=C(NSc1cccc(C(F)(F)F)c1)N1CCC(c2ccc(Cl)cc2)=N1.c1ccccc1. The molecule has 0 bridgehead atoms. The van der Waals surface area contributed by atoms with E-state index in [0.29, 0.717) is 41.1 Å². The molecule has 0 radical (unpaired) electrons. The Hall–Kier alpha value is -2.66. The smallest absolute Gasteiger partial charge is 0.295 e. The van der Waals surface area contributed by atoms with Gasteiger partial charge in [0.05, 0.1) is 24.4 Å². The Labute approximate surface area is 222 Å². The predicted octanol–water partition coefficient (Wildman–Crippen LogP) is 6.72. The molecule has 0 spiro atoms. The summed E-state index contributed by atoms with van der Waals surface area (Å²) >= 11 is 8.17. The number of alkyl halides is 3. The van der Waals surface area contributed by atoms with Crippen molar-refractivity contribution in [2.24, 2.45) is 15.2 Å². The highest BCUT2D eigenvalue weighted by atomic mass is 35.5. The molecular formula is C25H25ClF3N5S2. The minimum absolute atomic E-state index is 0.423. The average Bonchev–Trinajstić information content (AvgIpc) is 3.38. The van der Waals surface area contributed by atoms with Crippen molar-refractivity contribution in [3.8, 4) is 0 Å². The Morgan fingerprint density at radius 1 is 1.03 bits per heavy atom. The molecule has 5 nitrogen and oxygen atoms in total. The van der Waals surface area contributed by atoms with E-state index in [1.807, 2.05) is 48.5 Å². The van der Waals surface area contributed by atoms with Crippen molar-refractivity contribution in [3.63, 3.8) is 0 Å². The number of aliphatic imine (C=N–C) groups is 1. The fraction of sp³-hybridized carbons (Fsp3) is 0.200. The Bertz CT molecular complexity index is 1120. The van der Waals surface area contributed by atoms with Crippen LogP contribution in [0, 0.1) is 0 Å². The Morgan fingerprint density at radius 3 is 2.31 bits per heavy atom. The quantitative estimate of drug-likeness (QED) is 0.154. The van der Waals surface area contributed by atoms with Gasteiger partial charge in [0.1, 0.15) is 0 Å². The van der Waals surface area contributed by atoms with Crippen LogP contribution in [0.1, 0.15) is 17.5 Å². The van der Waals surface area contributed by atoms with Gasteiger partial charge in [-0.25, -0.2) is 10.0 Å². The number of nitrogens with two attached hydrogens (primary N) is 1. The number of benzene rings is 3. The maximum Gasteiger partial charge on any atom is 0.416 e. The lowest BCUT2D eigenvalue weighted by Crippen LogP contribution is -2.33. The van der Waals surface area contributed by atoms with Crippen LogP contribution in [-0.2, 0) is 6.18 Å². The molecule has 3 N–H and O–H groups in total. The summed E-state index contributed by atoms with van der Waals surface area (Å²) in [5.74, 6) is 1.08.